The second kappa shape index (κ2) is 9.61. The number of hydrogen-bond donors (Lipinski definition) is 0. The zero-order valence-corrected chi connectivity index (χ0v) is 19.7. The standard InChI is InChI=1S/C25H28N2O4S/c1-5-21-19-11-13-32-24(19)10-12-27(21)25(28)9-7-18-6-8-22(23(14-18)29-4)30-15-20-16(2)26-31-17(20)3/h6-9,11,13-14,21H,5,10,12,15H2,1-4H3/b9-7+. The van der Waals surface area contributed by atoms with Gasteiger partial charge in [0, 0.05) is 17.5 Å². The molecule has 6 nitrogen and oxygen atoms in total. The second-order valence-corrected chi connectivity index (χ2v) is 8.84. The fraction of sp³-hybridized carbons (Fsp3) is 0.360. The molecule has 0 saturated carbocycles. The third-order valence-corrected chi connectivity index (χ3v) is 6.92. The lowest BCUT2D eigenvalue weighted by atomic mass is 9.97. The van der Waals surface area contributed by atoms with Crippen molar-refractivity contribution in [2.24, 2.45) is 0 Å². The third kappa shape index (κ3) is 4.43. The number of benzene rings is 1. The van der Waals surface area contributed by atoms with Crippen molar-refractivity contribution in [2.75, 3.05) is 13.7 Å². The zero-order valence-electron chi connectivity index (χ0n) is 18.9. The lowest BCUT2D eigenvalue weighted by molar-refractivity contribution is -0.128. The minimum atomic E-state index is 0.0337. The molecule has 1 amide bonds. The van der Waals surface area contributed by atoms with Crippen LogP contribution in [-0.4, -0.2) is 29.6 Å². The maximum absolute atomic E-state index is 13.0. The first-order valence-electron chi connectivity index (χ1n) is 10.8. The molecular weight excluding hydrogens is 424 g/mol. The highest BCUT2D eigenvalue weighted by molar-refractivity contribution is 7.10. The van der Waals surface area contributed by atoms with E-state index in [1.54, 1.807) is 24.5 Å². The quantitative estimate of drug-likeness (QED) is 0.444. The van der Waals surface area contributed by atoms with Crippen LogP contribution in [0, 0.1) is 13.8 Å². The Bertz CT molecular complexity index is 1110. The van der Waals surface area contributed by atoms with Crippen molar-refractivity contribution in [2.45, 2.75) is 46.3 Å². The Labute approximate surface area is 192 Å². The van der Waals surface area contributed by atoms with Crippen LogP contribution in [0.2, 0.25) is 0 Å². The van der Waals surface area contributed by atoms with E-state index in [0.29, 0.717) is 18.1 Å². The Kier molecular flexibility index (Phi) is 6.65. The molecule has 2 aromatic heterocycles. The predicted molar refractivity (Wildman–Crippen MR) is 125 cm³/mol. The Morgan fingerprint density at radius 3 is 2.88 bits per heavy atom. The number of nitrogens with zero attached hydrogens (tertiary/aromatic N) is 2. The van der Waals surface area contributed by atoms with Crippen molar-refractivity contribution in [1.82, 2.24) is 10.1 Å². The van der Waals surface area contributed by atoms with Crippen LogP contribution in [0.5, 0.6) is 11.5 Å². The molecule has 3 heterocycles. The van der Waals surface area contributed by atoms with Gasteiger partial charge in [0.1, 0.15) is 12.4 Å². The number of methoxy groups -OCH3 is 1. The van der Waals surface area contributed by atoms with Crippen LogP contribution in [0.4, 0.5) is 0 Å². The van der Waals surface area contributed by atoms with Crippen LogP contribution >= 0.6 is 11.3 Å². The van der Waals surface area contributed by atoms with Gasteiger partial charge in [-0.1, -0.05) is 18.1 Å². The van der Waals surface area contributed by atoms with Gasteiger partial charge in [-0.05, 0) is 67.5 Å². The molecule has 1 unspecified atom stereocenters. The van der Waals surface area contributed by atoms with E-state index < -0.39 is 0 Å². The average Bonchev–Trinajstić information content (AvgIpc) is 3.41. The molecule has 168 valence electrons. The Balaban J connectivity index is 1.45. The molecule has 4 rings (SSSR count). The number of fused-ring (bicyclic) bond motifs is 1. The van der Waals surface area contributed by atoms with E-state index >= 15 is 0 Å². The van der Waals surface area contributed by atoms with E-state index in [0.717, 1.165) is 42.0 Å². The normalized spacial score (nSPS) is 15.8. The van der Waals surface area contributed by atoms with Crippen LogP contribution < -0.4 is 9.47 Å². The zero-order chi connectivity index (χ0) is 22.7. The Morgan fingerprint density at radius 2 is 2.16 bits per heavy atom. The average molecular weight is 453 g/mol. The van der Waals surface area contributed by atoms with Crippen LogP contribution in [-0.2, 0) is 17.8 Å². The van der Waals surface area contributed by atoms with Crippen LogP contribution in [0.1, 0.15) is 52.4 Å². The van der Waals surface area contributed by atoms with Crippen molar-refractivity contribution in [3.8, 4) is 11.5 Å². The minimum Gasteiger partial charge on any atom is -0.493 e. The number of hydrogen-bond acceptors (Lipinski definition) is 6. The highest BCUT2D eigenvalue weighted by Crippen LogP contribution is 2.35. The Hall–Kier alpha value is -3.06. The molecule has 1 aliphatic rings. The summed E-state index contributed by atoms with van der Waals surface area (Å²) in [7, 11) is 1.61. The second-order valence-electron chi connectivity index (χ2n) is 7.84. The summed E-state index contributed by atoms with van der Waals surface area (Å²) in [4.78, 5) is 16.3. The van der Waals surface area contributed by atoms with Gasteiger partial charge < -0.3 is 18.9 Å². The van der Waals surface area contributed by atoms with Crippen molar-refractivity contribution in [3.63, 3.8) is 0 Å². The summed E-state index contributed by atoms with van der Waals surface area (Å²) in [6, 6.07) is 7.95. The molecule has 32 heavy (non-hydrogen) atoms. The van der Waals surface area contributed by atoms with Gasteiger partial charge in [0.2, 0.25) is 5.91 Å². The molecule has 0 spiro atoms. The number of rotatable bonds is 7. The number of ether oxygens (including phenoxy) is 2. The van der Waals surface area contributed by atoms with Gasteiger partial charge in [-0.25, -0.2) is 0 Å². The monoisotopic (exact) mass is 452 g/mol. The number of thiophene rings is 1. The minimum absolute atomic E-state index is 0.0337. The molecule has 0 bridgehead atoms. The molecule has 0 N–H and O–H groups in total. The summed E-state index contributed by atoms with van der Waals surface area (Å²) >= 11 is 1.79. The highest BCUT2D eigenvalue weighted by Gasteiger charge is 2.29. The van der Waals surface area contributed by atoms with E-state index in [9.17, 15) is 4.79 Å². The largest absolute Gasteiger partial charge is 0.493 e. The first-order valence-corrected chi connectivity index (χ1v) is 11.7. The lowest BCUT2D eigenvalue weighted by Crippen LogP contribution is -2.38. The fourth-order valence-electron chi connectivity index (χ4n) is 4.13. The molecule has 7 heteroatoms. The maximum Gasteiger partial charge on any atom is 0.247 e. The number of aromatic nitrogens is 1. The van der Waals surface area contributed by atoms with Crippen molar-refractivity contribution in [1.29, 1.82) is 0 Å². The van der Waals surface area contributed by atoms with Crippen molar-refractivity contribution >= 4 is 23.3 Å². The van der Waals surface area contributed by atoms with Gasteiger partial charge >= 0.3 is 0 Å². The molecule has 1 aliphatic heterocycles. The molecular formula is C25H28N2O4S. The van der Waals surface area contributed by atoms with E-state index in [1.807, 2.05) is 43.0 Å². The van der Waals surface area contributed by atoms with E-state index in [2.05, 4.69) is 23.5 Å². The molecule has 1 atom stereocenters. The topological polar surface area (TPSA) is 64.8 Å². The summed E-state index contributed by atoms with van der Waals surface area (Å²) in [6.07, 6.45) is 5.32. The number of carbonyl (C=O) groups is 1. The van der Waals surface area contributed by atoms with Crippen LogP contribution in [0.25, 0.3) is 6.08 Å². The lowest BCUT2D eigenvalue weighted by Gasteiger charge is -2.34. The molecule has 0 aliphatic carbocycles. The van der Waals surface area contributed by atoms with Gasteiger partial charge in [0.05, 0.1) is 24.4 Å². The van der Waals surface area contributed by atoms with Crippen LogP contribution in [0.15, 0.2) is 40.2 Å². The highest BCUT2D eigenvalue weighted by atomic mass is 32.1. The van der Waals surface area contributed by atoms with Crippen molar-refractivity contribution in [3.05, 3.63) is 68.7 Å². The SMILES string of the molecule is CCC1c2ccsc2CCN1C(=O)/C=C/c1ccc(OCc2c(C)noc2C)c(OC)c1. The molecule has 0 saturated heterocycles. The van der Waals surface area contributed by atoms with Gasteiger partial charge in [0.15, 0.2) is 11.5 Å². The third-order valence-electron chi connectivity index (χ3n) is 5.92. The molecule has 1 aromatic carbocycles. The van der Waals surface area contributed by atoms with Gasteiger partial charge in [-0.15, -0.1) is 11.3 Å². The van der Waals surface area contributed by atoms with Gasteiger partial charge in [-0.3, -0.25) is 4.79 Å². The number of amides is 1. The summed E-state index contributed by atoms with van der Waals surface area (Å²) < 4.78 is 16.6. The fourth-order valence-corrected chi connectivity index (χ4v) is 5.06. The van der Waals surface area contributed by atoms with Gasteiger partial charge in [-0.2, -0.15) is 0 Å². The van der Waals surface area contributed by atoms with Crippen molar-refractivity contribution < 1.29 is 18.8 Å². The summed E-state index contributed by atoms with van der Waals surface area (Å²) in [6.45, 7) is 7.00. The maximum atomic E-state index is 13.0. The summed E-state index contributed by atoms with van der Waals surface area (Å²) in [5.41, 5.74) is 3.92. The molecule has 3 aromatic rings. The molecule has 0 fully saturated rings. The predicted octanol–water partition coefficient (Wildman–Crippen LogP) is 5.49. The van der Waals surface area contributed by atoms with E-state index in [4.69, 9.17) is 14.0 Å². The number of aryl methyl sites for hydroxylation is 2. The van der Waals surface area contributed by atoms with Gasteiger partial charge in [0.25, 0.3) is 0 Å². The first kappa shape index (κ1) is 22.1. The van der Waals surface area contributed by atoms with Crippen LogP contribution in [0.3, 0.4) is 0 Å². The first-order chi connectivity index (χ1) is 15.5. The Morgan fingerprint density at radius 1 is 1.31 bits per heavy atom. The smallest absolute Gasteiger partial charge is 0.247 e. The molecule has 0 radical (unpaired) electrons. The summed E-state index contributed by atoms with van der Waals surface area (Å²) in [5.74, 6) is 2.02. The summed E-state index contributed by atoms with van der Waals surface area (Å²) in [5, 5.41) is 6.08. The van der Waals surface area contributed by atoms with E-state index in [-0.39, 0.29) is 11.9 Å². The van der Waals surface area contributed by atoms with E-state index in [1.165, 1.54) is 10.4 Å². The number of carbonyl (C=O) groups excluding carboxylic acids is 1.